The molecule has 0 fully saturated rings. The molecule has 0 N–H and O–H groups in total. The van der Waals surface area contributed by atoms with Crippen molar-refractivity contribution >= 4 is 17.0 Å². The number of halogens is 6. The van der Waals surface area contributed by atoms with E-state index in [-0.39, 0.29) is 6.07 Å². The molecule has 0 unspecified atom stereocenters. The van der Waals surface area contributed by atoms with Crippen LogP contribution in [0.25, 0.3) is 0 Å². The van der Waals surface area contributed by atoms with Gasteiger partial charge in [-0.1, -0.05) is 0 Å². The smallest absolute Gasteiger partial charge is 0.339 e. The number of nitrogens with zero attached hydrogens (tertiary/aromatic N) is 1. The van der Waals surface area contributed by atoms with E-state index < -0.39 is 33.6 Å². The van der Waals surface area contributed by atoms with Gasteiger partial charge in [-0.05, 0) is 30.0 Å². The topological polar surface area (TPSA) is 20.3 Å². The van der Waals surface area contributed by atoms with Crippen molar-refractivity contribution in [3.8, 4) is 0 Å². The van der Waals surface area contributed by atoms with Crippen LogP contribution in [-0.4, -0.2) is 24.2 Å². The van der Waals surface area contributed by atoms with E-state index in [0.29, 0.717) is 23.9 Å². The van der Waals surface area contributed by atoms with Crippen molar-refractivity contribution in [2.24, 2.45) is 0 Å². The number of hydrogen-bond acceptors (Lipinski definition) is 2. The minimum atomic E-state index is -4.92. The van der Waals surface area contributed by atoms with Gasteiger partial charge in [-0.3, -0.25) is 4.79 Å². The van der Waals surface area contributed by atoms with Gasteiger partial charge < -0.3 is 4.90 Å². The minimum absolute atomic E-state index is 0.0181. The molecule has 9 heteroatoms. The number of hydrogen-bond donors (Lipinski definition) is 0. The van der Waals surface area contributed by atoms with Crippen LogP contribution in [0.4, 0.5) is 31.1 Å². The van der Waals surface area contributed by atoms with Crippen molar-refractivity contribution in [3.63, 3.8) is 0 Å². The molecule has 0 bridgehead atoms. The average Bonchev–Trinajstić information content (AvgIpc) is 2.26. The van der Waals surface area contributed by atoms with Crippen LogP contribution >= 0.6 is 11.8 Å². The molecule has 1 rings (SSSR count). The van der Waals surface area contributed by atoms with E-state index in [2.05, 4.69) is 0 Å². The maximum absolute atomic E-state index is 12.6. The van der Waals surface area contributed by atoms with Gasteiger partial charge in [-0.2, -0.15) is 26.3 Å². The third-order valence-corrected chi connectivity index (χ3v) is 3.14. The van der Waals surface area contributed by atoms with Crippen molar-refractivity contribution in [2.75, 3.05) is 14.1 Å². The van der Waals surface area contributed by atoms with Crippen LogP contribution in [0, 0.1) is 0 Å². The normalized spacial score (nSPS) is 12.4. The Balaban J connectivity index is 3.28. The lowest BCUT2D eigenvalue weighted by Gasteiger charge is -2.15. The summed E-state index contributed by atoms with van der Waals surface area (Å²) in [5.74, 6) is 0. The first-order chi connectivity index (χ1) is 8.91. The molecular weight excluding hydrogens is 308 g/mol. The maximum Gasteiger partial charge on any atom is 0.416 e. The quantitative estimate of drug-likeness (QED) is 0.561. The zero-order chi connectivity index (χ0) is 15.7. The summed E-state index contributed by atoms with van der Waals surface area (Å²) in [6.07, 6.45) is -9.84. The number of carbonyl (C=O) groups is 1. The fraction of sp³-hybridized carbons (Fsp3) is 0.364. The first kappa shape index (κ1) is 16.7. The van der Waals surface area contributed by atoms with Gasteiger partial charge in [0.25, 0.3) is 5.24 Å². The third kappa shape index (κ3) is 4.32. The summed E-state index contributed by atoms with van der Waals surface area (Å²) in [5, 5.41) is -0.669. The van der Waals surface area contributed by atoms with E-state index in [9.17, 15) is 31.1 Å². The number of carbonyl (C=O) groups excluding carboxylic acids is 1. The van der Waals surface area contributed by atoms with Crippen molar-refractivity contribution < 1.29 is 31.1 Å². The summed E-state index contributed by atoms with van der Waals surface area (Å²) in [6.45, 7) is 0. The van der Waals surface area contributed by atoms with Crippen LogP contribution in [-0.2, 0) is 12.4 Å². The monoisotopic (exact) mass is 317 g/mol. The highest BCUT2D eigenvalue weighted by molar-refractivity contribution is 8.13. The molecule has 0 aliphatic carbocycles. The SMILES string of the molecule is CN(C)C(=O)Sc1cc(C(F)(F)F)cc(C(F)(F)F)c1. The Hall–Kier alpha value is -1.38. The minimum Gasteiger partial charge on any atom is -0.339 e. The molecule has 0 aliphatic rings. The number of rotatable bonds is 1. The summed E-state index contributed by atoms with van der Waals surface area (Å²) in [4.78, 5) is 12.0. The van der Waals surface area contributed by atoms with Gasteiger partial charge in [0, 0.05) is 19.0 Å². The molecule has 1 aromatic carbocycles. The molecule has 0 heterocycles. The van der Waals surface area contributed by atoms with Crippen LogP contribution in [0.1, 0.15) is 11.1 Å². The Morgan fingerprint density at radius 1 is 0.950 bits per heavy atom. The molecule has 0 aliphatic heterocycles. The highest BCUT2D eigenvalue weighted by Gasteiger charge is 2.37. The lowest BCUT2D eigenvalue weighted by molar-refractivity contribution is -0.143. The molecule has 112 valence electrons. The first-order valence-electron chi connectivity index (χ1n) is 5.10. The van der Waals surface area contributed by atoms with Gasteiger partial charge in [-0.25, -0.2) is 0 Å². The molecule has 20 heavy (non-hydrogen) atoms. The predicted molar refractivity (Wildman–Crippen MR) is 61.4 cm³/mol. The van der Waals surface area contributed by atoms with Crippen LogP contribution in [0.5, 0.6) is 0 Å². The third-order valence-electron chi connectivity index (χ3n) is 2.13. The zero-order valence-corrected chi connectivity index (χ0v) is 11.1. The van der Waals surface area contributed by atoms with Crippen molar-refractivity contribution in [2.45, 2.75) is 17.2 Å². The molecule has 0 atom stereocenters. The number of benzene rings is 1. The lowest BCUT2D eigenvalue weighted by Crippen LogP contribution is -2.16. The molecule has 0 spiro atoms. The lowest BCUT2D eigenvalue weighted by atomic mass is 10.1. The summed E-state index contributed by atoms with van der Waals surface area (Å²) in [6, 6.07) is 1.05. The van der Waals surface area contributed by atoms with E-state index in [0.717, 1.165) is 4.90 Å². The first-order valence-corrected chi connectivity index (χ1v) is 5.91. The summed E-state index contributed by atoms with van der Waals surface area (Å²) in [5.41, 5.74) is -2.89. The van der Waals surface area contributed by atoms with Gasteiger partial charge in [0.2, 0.25) is 0 Å². The number of thioether (sulfide) groups is 1. The second-order valence-electron chi connectivity index (χ2n) is 4.00. The van der Waals surface area contributed by atoms with Crippen LogP contribution in [0.3, 0.4) is 0 Å². The zero-order valence-electron chi connectivity index (χ0n) is 10.3. The van der Waals surface area contributed by atoms with E-state index in [1.807, 2.05) is 0 Å². The molecule has 0 radical (unpaired) electrons. The van der Waals surface area contributed by atoms with Gasteiger partial charge in [-0.15, -0.1) is 0 Å². The fourth-order valence-corrected chi connectivity index (χ4v) is 1.93. The molecule has 2 nitrogen and oxygen atoms in total. The van der Waals surface area contributed by atoms with E-state index >= 15 is 0 Å². The van der Waals surface area contributed by atoms with E-state index in [1.54, 1.807) is 0 Å². The molecule has 0 saturated carbocycles. The van der Waals surface area contributed by atoms with Gasteiger partial charge in [0.05, 0.1) is 11.1 Å². The Morgan fingerprint density at radius 2 is 1.35 bits per heavy atom. The van der Waals surface area contributed by atoms with Crippen molar-refractivity contribution in [1.29, 1.82) is 0 Å². The Labute approximate surface area is 114 Å². The van der Waals surface area contributed by atoms with E-state index in [4.69, 9.17) is 0 Å². The van der Waals surface area contributed by atoms with Gasteiger partial charge in [0.1, 0.15) is 0 Å². The number of alkyl halides is 6. The molecule has 1 aromatic rings. The second kappa shape index (κ2) is 5.55. The van der Waals surface area contributed by atoms with Crippen LogP contribution in [0.2, 0.25) is 0 Å². The van der Waals surface area contributed by atoms with Crippen LogP contribution in [0.15, 0.2) is 23.1 Å². The second-order valence-corrected chi connectivity index (χ2v) is 5.03. The Morgan fingerprint density at radius 3 is 1.65 bits per heavy atom. The standard InChI is InChI=1S/C11H9F6NOS/c1-18(2)9(19)20-8-4-6(10(12,13)14)3-7(5-8)11(15,16)17/h3-5H,1-2H3. The summed E-state index contributed by atoms with van der Waals surface area (Å²) < 4.78 is 75.4. The average molecular weight is 317 g/mol. The number of amides is 1. The van der Waals surface area contributed by atoms with Crippen molar-refractivity contribution in [3.05, 3.63) is 29.3 Å². The Kier molecular flexibility index (Phi) is 4.62. The summed E-state index contributed by atoms with van der Waals surface area (Å²) >= 11 is 0.299. The highest BCUT2D eigenvalue weighted by Crippen LogP contribution is 2.38. The molecular formula is C11H9F6NOS. The van der Waals surface area contributed by atoms with Crippen molar-refractivity contribution in [1.82, 2.24) is 4.90 Å². The van der Waals surface area contributed by atoms with Crippen LogP contribution < -0.4 is 0 Å². The largest absolute Gasteiger partial charge is 0.416 e. The molecule has 0 saturated heterocycles. The molecule has 0 aromatic heterocycles. The predicted octanol–water partition coefficient (Wildman–Crippen LogP) is 4.50. The maximum atomic E-state index is 12.6. The molecule has 1 amide bonds. The summed E-state index contributed by atoms with van der Waals surface area (Å²) in [7, 11) is 2.68. The van der Waals surface area contributed by atoms with E-state index in [1.165, 1.54) is 14.1 Å². The Bertz CT molecular complexity index is 476. The van der Waals surface area contributed by atoms with Gasteiger partial charge >= 0.3 is 12.4 Å². The fourth-order valence-electron chi connectivity index (χ4n) is 1.18. The van der Waals surface area contributed by atoms with Gasteiger partial charge in [0.15, 0.2) is 0 Å². The highest BCUT2D eigenvalue weighted by atomic mass is 32.2.